The predicted octanol–water partition coefficient (Wildman–Crippen LogP) is 7.21. The van der Waals surface area contributed by atoms with Gasteiger partial charge in [-0.2, -0.15) is 0 Å². The van der Waals surface area contributed by atoms with E-state index in [0.717, 1.165) is 0 Å². The number of benzene rings is 2. The molecule has 0 radical (unpaired) electrons. The maximum atomic E-state index is 2.42. The molecule has 2 aromatic carbocycles. The molecule has 0 bridgehead atoms. The fourth-order valence-corrected chi connectivity index (χ4v) is 3.47. The summed E-state index contributed by atoms with van der Waals surface area (Å²) in [4.78, 5) is 0. The number of rotatable bonds is 3. The summed E-state index contributed by atoms with van der Waals surface area (Å²) in [6, 6.07) is 13.8. The average Bonchev–Trinajstić information content (AvgIpc) is 2.45. The molecular weight excluding hydrogens is 276 g/mol. The van der Waals surface area contributed by atoms with Crippen LogP contribution in [-0.4, -0.2) is 0 Å². The van der Waals surface area contributed by atoms with Gasteiger partial charge in [0, 0.05) is 0 Å². The molecule has 0 saturated carbocycles. The highest BCUT2D eigenvalue weighted by Crippen LogP contribution is 2.38. The van der Waals surface area contributed by atoms with Gasteiger partial charge >= 0.3 is 0 Å². The topological polar surface area (TPSA) is 0 Å². The van der Waals surface area contributed by atoms with Crippen molar-refractivity contribution in [3.63, 3.8) is 0 Å². The Morgan fingerprint density at radius 1 is 0.783 bits per heavy atom. The Labute approximate surface area is 143 Å². The molecule has 0 amide bonds. The first-order valence-electron chi connectivity index (χ1n) is 8.87. The van der Waals surface area contributed by atoms with Gasteiger partial charge in [-0.1, -0.05) is 84.9 Å². The summed E-state index contributed by atoms with van der Waals surface area (Å²) in [6.07, 6.45) is 0. The first-order chi connectivity index (χ1) is 10.6. The second kappa shape index (κ2) is 6.51. The van der Waals surface area contributed by atoms with Crippen LogP contribution in [0, 0.1) is 6.92 Å². The van der Waals surface area contributed by atoms with Crippen LogP contribution in [0.1, 0.15) is 82.6 Å². The Hall–Kier alpha value is -1.56. The van der Waals surface area contributed by atoms with E-state index in [4.69, 9.17) is 0 Å². The van der Waals surface area contributed by atoms with Gasteiger partial charge in [0.1, 0.15) is 0 Å². The average molecular weight is 309 g/mol. The van der Waals surface area contributed by atoms with Crippen LogP contribution < -0.4 is 0 Å². The summed E-state index contributed by atoms with van der Waals surface area (Å²) >= 11 is 0. The molecule has 0 nitrogen and oxygen atoms in total. The van der Waals surface area contributed by atoms with Crippen molar-refractivity contribution in [3.05, 3.63) is 58.7 Å². The van der Waals surface area contributed by atoms with Crippen LogP contribution in [0.5, 0.6) is 0 Å². The summed E-state index contributed by atoms with van der Waals surface area (Å²) in [7, 11) is 0. The molecule has 0 spiro atoms. The van der Waals surface area contributed by atoms with Crippen LogP contribution in [0.25, 0.3) is 11.1 Å². The molecule has 0 aliphatic heterocycles. The van der Waals surface area contributed by atoms with Gasteiger partial charge in [-0.15, -0.1) is 0 Å². The van der Waals surface area contributed by atoms with Crippen molar-refractivity contribution in [2.75, 3.05) is 0 Å². The number of hydrogen-bond donors (Lipinski definition) is 0. The largest absolute Gasteiger partial charge is 0.0617 e. The summed E-state index contributed by atoms with van der Waals surface area (Å²) in [5.41, 5.74) is 8.74. The van der Waals surface area contributed by atoms with E-state index in [1.807, 2.05) is 0 Å². The number of aryl methyl sites for hydroxylation is 1. The molecule has 0 atom stereocenters. The zero-order valence-corrected chi connectivity index (χ0v) is 16.1. The lowest BCUT2D eigenvalue weighted by Gasteiger charge is -2.25. The molecule has 0 unspecified atom stereocenters. The van der Waals surface area contributed by atoms with E-state index < -0.39 is 0 Å². The van der Waals surface area contributed by atoms with Gasteiger partial charge in [0.15, 0.2) is 0 Å². The van der Waals surface area contributed by atoms with Gasteiger partial charge in [0.2, 0.25) is 0 Å². The highest BCUT2D eigenvalue weighted by Gasteiger charge is 2.20. The molecule has 0 saturated heterocycles. The van der Waals surface area contributed by atoms with Crippen LogP contribution in [0.15, 0.2) is 36.4 Å². The molecule has 23 heavy (non-hydrogen) atoms. The van der Waals surface area contributed by atoms with Crippen molar-refractivity contribution in [2.24, 2.45) is 0 Å². The van der Waals surface area contributed by atoms with Crippen LogP contribution in [0.2, 0.25) is 0 Å². The molecule has 124 valence electrons. The van der Waals surface area contributed by atoms with Crippen molar-refractivity contribution in [1.82, 2.24) is 0 Å². The van der Waals surface area contributed by atoms with Crippen LogP contribution in [0.3, 0.4) is 0 Å². The smallest absolute Gasteiger partial charge is 0.0114 e. The third-order valence-corrected chi connectivity index (χ3v) is 4.71. The van der Waals surface area contributed by atoms with Crippen molar-refractivity contribution < 1.29 is 0 Å². The second-order valence-electron chi connectivity index (χ2n) is 8.40. The molecule has 0 aliphatic rings. The maximum Gasteiger partial charge on any atom is -0.0114 e. The second-order valence-corrected chi connectivity index (χ2v) is 8.40. The zero-order valence-electron chi connectivity index (χ0n) is 16.1. The van der Waals surface area contributed by atoms with Gasteiger partial charge in [-0.3, -0.25) is 0 Å². The lowest BCUT2D eigenvalue weighted by atomic mass is 9.80. The van der Waals surface area contributed by atoms with Gasteiger partial charge in [0.05, 0.1) is 0 Å². The molecule has 0 heteroatoms. The highest BCUT2D eigenvalue weighted by atomic mass is 14.2. The van der Waals surface area contributed by atoms with Crippen molar-refractivity contribution >= 4 is 0 Å². The SMILES string of the molecule is Cc1ccc(-c2c(C(C)C)cccc2C(C)C)cc1C(C)(C)C. The normalized spacial score (nSPS) is 12.3. The lowest BCUT2D eigenvalue weighted by Crippen LogP contribution is -2.13. The van der Waals surface area contributed by atoms with Crippen molar-refractivity contribution in [2.45, 2.75) is 72.6 Å². The van der Waals surface area contributed by atoms with E-state index in [-0.39, 0.29) is 5.41 Å². The molecule has 0 aromatic heterocycles. The third-order valence-electron chi connectivity index (χ3n) is 4.71. The Bertz CT molecular complexity index is 655. The fourth-order valence-electron chi connectivity index (χ4n) is 3.47. The fraction of sp³-hybridized carbons (Fsp3) is 0.478. The molecular formula is C23H32. The maximum absolute atomic E-state index is 2.42. The summed E-state index contributed by atoms with van der Waals surface area (Å²) in [6.45, 7) is 18.3. The Morgan fingerprint density at radius 3 is 1.74 bits per heavy atom. The molecule has 0 fully saturated rings. The zero-order chi connectivity index (χ0) is 17.4. The van der Waals surface area contributed by atoms with Crippen LogP contribution in [0.4, 0.5) is 0 Å². The Balaban J connectivity index is 2.76. The quantitative estimate of drug-likeness (QED) is 0.562. The van der Waals surface area contributed by atoms with Gasteiger partial charge < -0.3 is 0 Å². The Kier molecular flexibility index (Phi) is 5.04. The third kappa shape index (κ3) is 3.68. The van der Waals surface area contributed by atoms with Crippen molar-refractivity contribution in [3.8, 4) is 11.1 Å². The first-order valence-corrected chi connectivity index (χ1v) is 8.87. The van der Waals surface area contributed by atoms with E-state index in [0.29, 0.717) is 11.8 Å². The van der Waals surface area contributed by atoms with E-state index in [9.17, 15) is 0 Å². The standard InChI is InChI=1S/C23H32/c1-15(2)19-10-9-11-20(16(3)4)22(19)18-13-12-17(5)21(14-18)23(6,7)8/h9-16H,1-8H3. The lowest BCUT2D eigenvalue weighted by molar-refractivity contribution is 0.586. The molecule has 2 rings (SSSR count). The van der Waals surface area contributed by atoms with Crippen LogP contribution in [-0.2, 0) is 5.41 Å². The monoisotopic (exact) mass is 308 g/mol. The summed E-state index contributed by atoms with van der Waals surface area (Å²) < 4.78 is 0. The first kappa shape index (κ1) is 17.8. The van der Waals surface area contributed by atoms with Gasteiger partial charge in [-0.25, -0.2) is 0 Å². The van der Waals surface area contributed by atoms with E-state index >= 15 is 0 Å². The minimum atomic E-state index is 0.171. The minimum Gasteiger partial charge on any atom is -0.0617 e. The molecule has 0 heterocycles. The minimum absolute atomic E-state index is 0.171. The van der Waals surface area contributed by atoms with Gasteiger partial charge in [-0.05, 0) is 57.6 Å². The van der Waals surface area contributed by atoms with E-state index in [2.05, 4.69) is 91.8 Å². The Morgan fingerprint density at radius 2 is 1.30 bits per heavy atom. The van der Waals surface area contributed by atoms with Gasteiger partial charge in [0.25, 0.3) is 0 Å². The summed E-state index contributed by atoms with van der Waals surface area (Å²) in [5.74, 6) is 1.06. The highest BCUT2D eigenvalue weighted by molar-refractivity contribution is 5.73. The number of hydrogen-bond acceptors (Lipinski definition) is 0. The van der Waals surface area contributed by atoms with Crippen LogP contribution >= 0.6 is 0 Å². The molecule has 0 aliphatic carbocycles. The van der Waals surface area contributed by atoms with E-state index in [1.165, 1.54) is 33.4 Å². The van der Waals surface area contributed by atoms with Crippen molar-refractivity contribution in [1.29, 1.82) is 0 Å². The van der Waals surface area contributed by atoms with E-state index in [1.54, 1.807) is 0 Å². The molecule has 2 aromatic rings. The predicted molar refractivity (Wildman–Crippen MR) is 103 cm³/mol. The molecule has 0 N–H and O–H groups in total. The summed E-state index contributed by atoms with van der Waals surface area (Å²) in [5, 5.41) is 0.